The minimum Gasteiger partial charge on any atom is -0.336 e. The molecule has 0 amide bonds. The Hall–Kier alpha value is -1.03. The molecule has 1 aromatic carbocycles. The average Bonchev–Trinajstić information content (AvgIpc) is 2.89. The highest BCUT2D eigenvalue weighted by Gasteiger charge is 2.24. The van der Waals surface area contributed by atoms with Crippen molar-refractivity contribution in [2.45, 2.75) is 39.9 Å². The van der Waals surface area contributed by atoms with Gasteiger partial charge in [0.15, 0.2) is 0 Å². The molecule has 1 atom stereocenters. The molecule has 0 aliphatic heterocycles. The van der Waals surface area contributed by atoms with Gasteiger partial charge in [-0.2, -0.15) is 0 Å². The highest BCUT2D eigenvalue weighted by Crippen LogP contribution is 2.24. The summed E-state index contributed by atoms with van der Waals surface area (Å²) >= 11 is 12.3. The smallest absolute Gasteiger partial charge is 0.0946 e. The van der Waals surface area contributed by atoms with E-state index in [1.54, 1.807) is 12.3 Å². The van der Waals surface area contributed by atoms with E-state index in [9.17, 15) is 0 Å². The second-order valence-corrected chi connectivity index (χ2v) is 7.14. The normalized spacial score (nSPS) is 13.4. The van der Waals surface area contributed by atoms with Crippen LogP contribution in [0.3, 0.4) is 0 Å². The fourth-order valence-corrected chi connectivity index (χ4v) is 2.54. The minimum atomic E-state index is 0.120. The second kappa shape index (κ2) is 6.82. The number of aromatic nitrogens is 2. The summed E-state index contributed by atoms with van der Waals surface area (Å²) in [6.45, 7) is 8.22. The van der Waals surface area contributed by atoms with Crippen LogP contribution in [0.1, 0.15) is 26.3 Å². The Morgan fingerprint density at radius 1 is 1.29 bits per heavy atom. The summed E-state index contributed by atoms with van der Waals surface area (Å²) in [7, 11) is 0. The van der Waals surface area contributed by atoms with Crippen molar-refractivity contribution in [2.24, 2.45) is 5.41 Å². The van der Waals surface area contributed by atoms with Crippen LogP contribution in [0.5, 0.6) is 0 Å². The van der Waals surface area contributed by atoms with Gasteiger partial charge in [0.2, 0.25) is 0 Å². The molecule has 0 bridgehead atoms. The SMILES string of the molecule is CC(C)(C)C(Cn1ccnc1)NCc1cc(Cl)ccc1Cl. The van der Waals surface area contributed by atoms with E-state index in [4.69, 9.17) is 23.2 Å². The molecule has 1 unspecified atom stereocenters. The Kier molecular flexibility index (Phi) is 5.31. The second-order valence-electron chi connectivity index (χ2n) is 6.29. The molecule has 21 heavy (non-hydrogen) atoms. The summed E-state index contributed by atoms with van der Waals surface area (Å²) in [6, 6.07) is 5.85. The van der Waals surface area contributed by atoms with Crippen LogP contribution in [0.4, 0.5) is 0 Å². The first-order chi connectivity index (χ1) is 9.86. The Morgan fingerprint density at radius 3 is 2.67 bits per heavy atom. The first kappa shape index (κ1) is 16.3. The van der Waals surface area contributed by atoms with Crippen molar-refractivity contribution >= 4 is 23.2 Å². The van der Waals surface area contributed by atoms with E-state index in [0.717, 1.165) is 17.1 Å². The standard InChI is InChI=1S/C16H21Cl2N3/c1-16(2,3)15(10-21-7-6-19-11-21)20-9-12-8-13(17)4-5-14(12)18/h4-8,11,15,20H,9-10H2,1-3H3. The molecule has 2 aromatic rings. The number of halogens is 2. The van der Waals surface area contributed by atoms with Gasteiger partial charge in [-0.15, -0.1) is 0 Å². The molecule has 0 radical (unpaired) electrons. The summed E-state index contributed by atoms with van der Waals surface area (Å²) < 4.78 is 2.09. The molecule has 114 valence electrons. The Bertz CT molecular complexity index is 574. The van der Waals surface area contributed by atoms with Crippen molar-refractivity contribution in [3.05, 3.63) is 52.5 Å². The Labute approximate surface area is 136 Å². The lowest BCUT2D eigenvalue weighted by Crippen LogP contribution is -2.43. The molecule has 0 saturated heterocycles. The molecule has 3 nitrogen and oxygen atoms in total. The summed E-state index contributed by atoms with van der Waals surface area (Å²) in [5, 5.41) is 5.04. The zero-order chi connectivity index (χ0) is 15.5. The number of benzene rings is 1. The minimum absolute atomic E-state index is 0.120. The van der Waals surface area contributed by atoms with Crippen LogP contribution in [0.25, 0.3) is 0 Å². The summed E-state index contributed by atoms with van der Waals surface area (Å²) in [6.07, 6.45) is 5.62. The molecule has 0 aliphatic rings. The highest BCUT2D eigenvalue weighted by molar-refractivity contribution is 6.33. The third-order valence-corrected chi connectivity index (χ3v) is 4.15. The maximum atomic E-state index is 6.22. The molecule has 1 N–H and O–H groups in total. The van der Waals surface area contributed by atoms with Gasteiger partial charge in [0.25, 0.3) is 0 Å². The lowest BCUT2D eigenvalue weighted by Gasteiger charge is -2.32. The quantitative estimate of drug-likeness (QED) is 0.883. The maximum absolute atomic E-state index is 6.22. The summed E-state index contributed by atoms with van der Waals surface area (Å²) in [4.78, 5) is 4.10. The zero-order valence-corrected chi connectivity index (χ0v) is 14.1. The summed E-state index contributed by atoms with van der Waals surface area (Å²) in [5.41, 5.74) is 1.14. The number of hydrogen-bond donors (Lipinski definition) is 1. The van der Waals surface area contributed by atoms with Crippen molar-refractivity contribution in [1.82, 2.24) is 14.9 Å². The van der Waals surface area contributed by atoms with Crippen LogP contribution in [0.15, 0.2) is 36.9 Å². The van der Waals surface area contributed by atoms with Gasteiger partial charge in [-0.1, -0.05) is 44.0 Å². The predicted octanol–water partition coefficient (Wildman–Crippen LogP) is 4.39. The van der Waals surface area contributed by atoms with Crippen molar-refractivity contribution < 1.29 is 0 Å². The number of nitrogens with zero attached hydrogens (tertiary/aromatic N) is 2. The Balaban J connectivity index is 2.07. The molecule has 0 fully saturated rings. The van der Waals surface area contributed by atoms with Gasteiger partial charge < -0.3 is 9.88 Å². The van der Waals surface area contributed by atoms with Crippen molar-refractivity contribution in [3.63, 3.8) is 0 Å². The van der Waals surface area contributed by atoms with E-state index in [-0.39, 0.29) is 5.41 Å². The third-order valence-electron chi connectivity index (χ3n) is 3.54. The van der Waals surface area contributed by atoms with Crippen molar-refractivity contribution in [3.8, 4) is 0 Å². The van der Waals surface area contributed by atoms with Crippen molar-refractivity contribution in [2.75, 3.05) is 0 Å². The monoisotopic (exact) mass is 325 g/mol. The number of rotatable bonds is 5. The molecule has 1 aromatic heterocycles. The summed E-state index contributed by atoms with van der Waals surface area (Å²) in [5.74, 6) is 0. The highest BCUT2D eigenvalue weighted by atomic mass is 35.5. The van der Waals surface area contributed by atoms with Gasteiger partial charge in [0, 0.05) is 41.6 Å². The van der Waals surface area contributed by atoms with Crippen LogP contribution in [0.2, 0.25) is 10.0 Å². The van der Waals surface area contributed by atoms with Crippen LogP contribution < -0.4 is 5.32 Å². The fraction of sp³-hybridized carbons (Fsp3) is 0.438. The van der Waals surface area contributed by atoms with E-state index in [1.807, 2.05) is 24.7 Å². The first-order valence-corrected chi connectivity index (χ1v) is 7.75. The molecule has 1 heterocycles. The molecular formula is C16H21Cl2N3. The van der Waals surface area contributed by atoms with E-state index in [0.29, 0.717) is 17.6 Å². The zero-order valence-electron chi connectivity index (χ0n) is 12.6. The largest absolute Gasteiger partial charge is 0.336 e. The van der Waals surface area contributed by atoms with Crippen molar-refractivity contribution in [1.29, 1.82) is 0 Å². The van der Waals surface area contributed by atoms with Crippen LogP contribution in [-0.4, -0.2) is 15.6 Å². The maximum Gasteiger partial charge on any atom is 0.0946 e. The third kappa shape index (κ3) is 4.73. The average molecular weight is 326 g/mol. The molecule has 2 rings (SSSR count). The molecular weight excluding hydrogens is 305 g/mol. The topological polar surface area (TPSA) is 29.9 Å². The van der Waals surface area contributed by atoms with Crippen LogP contribution in [-0.2, 0) is 13.1 Å². The number of imidazole rings is 1. The van der Waals surface area contributed by atoms with E-state index in [1.165, 1.54) is 0 Å². The predicted molar refractivity (Wildman–Crippen MR) is 88.8 cm³/mol. The van der Waals surface area contributed by atoms with Gasteiger partial charge in [-0.3, -0.25) is 0 Å². The number of hydrogen-bond acceptors (Lipinski definition) is 2. The van der Waals surface area contributed by atoms with E-state index in [2.05, 4.69) is 35.6 Å². The molecule has 0 spiro atoms. The van der Waals surface area contributed by atoms with Gasteiger partial charge in [0.1, 0.15) is 0 Å². The van der Waals surface area contributed by atoms with Gasteiger partial charge in [-0.05, 0) is 29.2 Å². The van der Waals surface area contributed by atoms with E-state index >= 15 is 0 Å². The van der Waals surface area contributed by atoms with Gasteiger partial charge >= 0.3 is 0 Å². The molecule has 0 saturated carbocycles. The molecule has 5 heteroatoms. The van der Waals surface area contributed by atoms with Gasteiger partial charge in [0.05, 0.1) is 6.33 Å². The lowest BCUT2D eigenvalue weighted by molar-refractivity contribution is 0.240. The first-order valence-electron chi connectivity index (χ1n) is 6.99. The fourth-order valence-electron chi connectivity index (χ4n) is 2.16. The Morgan fingerprint density at radius 2 is 2.05 bits per heavy atom. The number of nitrogens with one attached hydrogen (secondary N) is 1. The van der Waals surface area contributed by atoms with Crippen LogP contribution in [0, 0.1) is 5.41 Å². The van der Waals surface area contributed by atoms with Crippen LogP contribution >= 0.6 is 23.2 Å². The van der Waals surface area contributed by atoms with E-state index < -0.39 is 0 Å². The van der Waals surface area contributed by atoms with Gasteiger partial charge in [-0.25, -0.2) is 4.98 Å². The lowest BCUT2D eigenvalue weighted by atomic mass is 9.86. The molecule has 0 aliphatic carbocycles.